The van der Waals surface area contributed by atoms with Gasteiger partial charge in [-0.05, 0) is 18.6 Å². The Hall–Kier alpha value is -0.620. The molecule has 2 nitrogen and oxygen atoms in total. The van der Waals surface area contributed by atoms with E-state index in [9.17, 15) is 4.79 Å². The summed E-state index contributed by atoms with van der Waals surface area (Å²) < 4.78 is 0. The van der Waals surface area contributed by atoms with Crippen LogP contribution < -0.4 is 0 Å². The number of thioether (sulfide) groups is 1. The van der Waals surface area contributed by atoms with Crippen molar-refractivity contribution in [1.29, 1.82) is 0 Å². The average molecular weight is 270 g/mol. The van der Waals surface area contributed by atoms with Crippen molar-refractivity contribution < 1.29 is 9.90 Å². The third-order valence-corrected chi connectivity index (χ3v) is 3.86. The van der Waals surface area contributed by atoms with Gasteiger partial charge in [-0.1, -0.05) is 44.9 Å². The zero-order valence-corrected chi connectivity index (χ0v) is 12.1. The number of hydrogen-bond donors (Lipinski definition) is 1. The second kappa shape index (κ2) is 14.4. The van der Waals surface area contributed by atoms with Gasteiger partial charge in [0.15, 0.2) is 0 Å². The molecule has 0 aliphatic heterocycles. The third kappa shape index (κ3) is 15.4. The molecule has 0 aromatic heterocycles. The van der Waals surface area contributed by atoms with Crippen molar-refractivity contribution in [3.8, 4) is 12.3 Å². The van der Waals surface area contributed by atoms with Gasteiger partial charge in [-0.3, -0.25) is 4.79 Å². The van der Waals surface area contributed by atoms with Crippen LogP contribution in [0, 0.1) is 12.3 Å². The third-order valence-electron chi connectivity index (χ3n) is 2.84. The molecule has 0 fully saturated rings. The number of carbonyl (C=O) groups is 1. The zero-order valence-electron chi connectivity index (χ0n) is 11.3. The zero-order chi connectivity index (χ0) is 13.5. The van der Waals surface area contributed by atoms with E-state index in [2.05, 4.69) is 5.92 Å². The fourth-order valence-electron chi connectivity index (χ4n) is 1.83. The van der Waals surface area contributed by atoms with E-state index in [4.69, 9.17) is 11.5 Å². The standard InChI is InChI=1S/C15H26O2S/c1-2-3-4-5-6-7-8-9-10-11-12-13-18-14-15(16)17/h1H,3-14H2,(H,16,17). The molecule has 0 aromatic rings. The Morgan fingerprint density at radius 2 is 1.44 bits per heavy atom. The molecule has 104 valence electrons. The maximum Gasteiger partial charge on any atom is 0.313 e. The fourth-order valence-corrected chi connectivity index (χ4v) is 2.56. The highest BCUT2D eigenvalue weighted by Crippen LogP contribution is 2.12. The lowest BCUT2D eigenvalue weighted by atomic mass is 10.1. The molecule has 0 aromatic carbocycles. The summed E-state index contributed by atoms with van der Waals surface area (Å²) in [5, 5.41) is 8.46. The molecule has 0 aliphatic carbocycles. The van der Waals surface area contributed by atoms with Crippen LogP contribution in [0.4, 0.5) is 0 Å². The summed E-state index contributed by atoms with van der Waals surface area (Å²) in [6.07, 6.45) is 17.5. The topological polar surface area (TPSA) is 37.3 Å². The second-order valence-corrected chi connectivity index (χ2v) is 5.69. The largest absolute Gasteiger partial charge is 0.481 e. The van der Waals surface area contributed by atoms with Crippen LogP contribution in [0.5, 0.6) is 0 Å². The first kappa shape index (κ1) is 17.4. The van der Waals surface area contributed by atoms with E-state index in [0.29, 0.717) is 0 Å². The lowest BCUT2D eigenvalue weighted by Crippen LogP contribution is -1.98. The van der Waals surface area contributed by atoms with Crippen LogP contribution in [-0.2, 0) is 4.79 Å². The van der Waals surface area contributed by atoms with Crippen molar-refractivity contribution in [2.24, 2.45) is 0 Å². The van der Waals surface area contributed by atoms with Gasteiger partial charge in [-0.25, -0.2) is 0 Å². The first-order chi connectivity index (χ1) is 8.77. The van der Waals surface area contributed by atoms with Gasteiger partial charge in [-0.2, -0.15) is 11.8 Å². The predicted octanol–water partition coefficient (Wildman–Crippen LogP) is 4.34. The van der Waals surface area contributed by atoms with Gasteiger partial charge in [-0.15, -0.1) is 12.3 Å². The van der Waals surface area contributed by atoms with Crippen LogP contribution in [0.1, 0.15) is 64.2 Å². The van der Waals surface area contributed by atoms with Crippen LogP contribution >= 0.6 is 11.8 Å². The normalized spacial score (nSPS) is 10.2. The van der Waals surface area contributed by atoms with Crippen molar-refractivity contribution in [3.63, 3.8) is 0 Å². The molecular formula is C15H26O2S. The number of rotatable bonds is 13. The lowest BCUT2D eigenvalue weighted by Gasteiger charge is -2.02. The average Bonchev–Trinajstić information content (AvgIpc) is 2.34. The van der Waals surface area contributed by atoms with Crippen molar-refractivity contribution in [2.45, 2.75) is 64.2 Å². The van der Waals surface area contributed by atoms with Gasteiger partial charge in [0.05, 0.1) is 5.75 Å². The van der Waals surface area contributed by atoms with Crippen LogP contribution in [0.2, 0.25) is 0 Å². The van der Waals surface area contributed by atoms with Gasteiger partial charge >= 0.3 is 5.97 Å². The second-order valence-electron chi connectivity index (χ2n) is 4.58. The molecule has 0 unspecified atom stereocenters. The summed E-state index contributed by atoms with van der Waals surface area (Å²) in [7, 11) is 0. The van der Waals surface area contributed by atoms with E-state index < -0.39 is 5.97 Å². The lowest BCUT2D eigenvalue weighted by molar-refractivity contribution is -0.133. The van der Waals surface area contributed by atoms with E-state index in [1.54, 1.807) is 0 Å². The van der Waals surface area contributed by atoms with Crippen molar-refractivity contribution in [3.05, 3.63) is 0 Å². The fraction of sp³-hybridized carbons (Fsp3) is 0.800. The Morgan fingerprint density at radius 3 is 1.94 bits per heavy atom. The monoisotopic (exact) mass is 270 g/mol. The summed E-state index contributed by atoms with van der Waals surface area (Å²) in [5.41, 5.74) is 0. The number of hydrogen-bond acceptors (Lipinski definition) is 2. The Labute approximate surface area is 116 Å². The minimum Gasteiger partial charge on any atom is -0.481 e. The van der Waals surface area contributed by atoms with Gasteiger partial charge in [0, 0.05) is 6.42 Å². The highest BCUT2D eigenvalue weighted by atomic mass is 32.2. The Bertz CT molecular complexity index is 233. The highest BCUT2D eigenvalue weighted by molar-refractivity contribution is 7.99. The number of carboxylic acid groups (broad SMARTS) is 1. The Kier molecular flexibility index (Phi) is 13.9. The number of aliphatic carboxylic acids is 1. The van der Waals surface area contributed by atoms with Crippen LogP contribution in [0.25, 0.3) is 0 Å². The SMILES string of the molecule is C#CCCCCCCCCCCCSCC(=O)O. The molecule has 18 heavy (non-hydrogen) atoms. The smallest absolute Gasteiger partial charge is 0.313 e. The summed E-state index contributed by atoms with van der Waals surface area (Å²) in [6.45, 7) is 0. The van der Waals surface area contributed by atoms with Crippen LogP contribution in [-0.4, -0.2) is 22.6 Å². The molecule has 0 heterocycles. The van der Waals surface area contributed by atoms with Crippen molar-refractivity contribution in [2.75, 3.05) is 11.5 Å². The van der Waals surface area contributed by atoms with Crippen LogP contribution in [0.15, 0.2) is 0 Å². The Morgan fingerprint density at radius 1 is 0.944 bits per heavy atom. The summed E-state index contributed by atoms with van der Waals surface area (Å²) in [4.78, 5) is 10.3. The molecule has 0 bridgehead atoms. The van der Waals surface area contributed by atoms with Gasteiger partial charge in [0.1, 0.15) is 0 Å². The van der Waals surface area contributed by atoms with Crippen molar-refractivity contribution in [1.82, 2.24) is 0 Å². The number of carboxylic acids is 1. The summed E-state index contributed by atoms with van der Waals surface area (Å²) >= 11 is 1.53. The minimum atomic E-state index is -0.704. The molecule has 0 saturated carbocycles. The molecule has 3 heteroatoms. The molecule has 0 atom stereocenters. The molecule has 0 radical (unpaired) electrons. The quantitative estimate of drug-likeness (QED) is 0.399. The van der Waals surface area contributed by atoms with E-state index in [0.717, 1.165) is 18.6 Å². The van der Waals surface area contributed by atoms with E-state index in [-0.39, 0.29) is 5.75 Å². The van der Waals surface area contributed by atoms with Crippen LogP contribution in [0.3, 0.4) is 0 Å². The maximum atomic E-state index is 10.3. The molecule has 0 aliphatic rings. The number of unbranched alkanes of at least 4 members (excludes halogenated alkanes) is 9. The molecule has 0 spiro atoms. The predicted molar refractivity (Wildman–Crippen MR) is 80.0 cm³/mol. The minimum absolute atomic E-state index is 0.248. The van der Waals surface area contributed by atoms with E-state index in [1.165, 1.54) is 63.1 Å². The van der Waals surface area contributed by atoms with Gasteiger partial charge < -0.3 is 5.11 Å². The molecular weight excluding hydrogens is 244 g/mol. The first-order valence-electron chi connectivity index (χ1n) is 7.00. The van der Waals surface area contributed by atoms with E-state index in [1.807, 2.05) is 0 Å². The molecule has 1 N–H and O–H groups in total. The molecule has 0 saturated heterocycles. The number of terminal acetylenes is 1. The first-order valence-corrected chi connectivity index (χ1v) is 8.16. The van der Waals surface area contributed by atoms with Gasteiger partial charge in [0.2, 0.25) is 0 Å². The molecule has 0 amide bonds. The maximum absolute atomic E-state index is 10.3. The highest BCUT2D eigenvalue weighted by Gasteiger charge is 1.96. The Balaban J connectivity index is 2.95. The van der Waals surface area contributed by atoms with Gasteiger partial charge in [0.25, 0.3) is 0 Å². The molecule has 0 rings (SSSR count). The van der Waals surface area contributed by atoms with Crippen molar-refractivity contribution >= 4 is 17.7 Å². The summed E-state index contributed by atoms with van der Waals surface area (Å²) in [6, 6.07) is 0. The summed E-state index contributed by atoms with van der Waals surface area (Å²) in [5.74, 6) is 3.20. The van der Waals surface area contributed by atoms with E-state index >= 15 is 0 Å².